The maximum absolute atomic E-state index is 13.0. The van der Waals surface area contributed by atoms with Crippen LogP contribution in [0.4, 0.5) is 0 Å². The fourth-order valence-electron chi connectivity index (χ4n) is 9.49. The minimum atomic E-state index is -0.798. The number of allylic oxidation sites excluding steroid dienone is 22. The normalized spacial score (nSPS) is 13.0. The van der Waals surface area contributed by atoms with Gasteiger partial charge in [-0.2, -0.15) is 0 Å². The highest BCUT2D eigenvalue weighted by atomic mass is 16.6. The van der Waals surface area contributed by atoms with Crippen LogP contribution in [0.3, 0.4) is 0 Å². The van der Waals surface area contributed by atoms with Gasteiger partial charge in [0.2, 0.25) is 0 Å². The van der Waals surface area contributed by atoms with Crippen LogP contribution in [0.2, 0.25) is 0 Å². The van der Waals surface area contributed by atoms with Gasteiger partial charge in [0.25, 0.3) is 0 Å². The van der Waals surface area contributed by atoms with Crippen molar-refractivity contribution < 1.29 is 28.6 Å². The first-order valence-corrected chi connectivity index (χ1v) is 34.7. The van der Waals surface area contributed by atoms with Crippen LogP contribution in [0, 0.1) is 0 Å². The van der Waals surface area contributed by atoms with Crippen molar-refractivity contribution in [3.63, 3.8) is 0 Å². The van der Waals surface area contributed by atoms with Gasteiger partial charge in [0.05, 0.1) is 0 Å². The van der Waals surface area contributed by atoms with Crippen molar-refractivity contribution >= 4 is 17.9 Å². The summed E-state index contributed by atoms with van der Waals surface area (Å²) in [5.41, 5.74) is 0. The summed E-state index contributed by atoms with van der Waals surface area (Å²) in [5.74, 6) is -0.910. The summed E-state index contributed by atoms with van der Waals surface area (Å²) in [6.07, 6.45) is 98.9. The van der Waals surface area contributed by atoms with Crippen molar-refractivity contribution in [2.75, 3.05) is 13.2 Å². The van der Waals surface area contributed by atoms with Crippen LogP contribution in [0.1, 0.15) is 316 Å². The first-order chi connectivity index (χ1) is 41.0. The van der Waals surface area contributed by atoms with Crippen LogP contribution < -0.4 is 0 Å². The van der Waals surface area contributed by atoms with E-state index in [1.165, 1.54) is 135 Å². The molecular formula is C77H128O6. The summed E-state index contributed by atoms with van der Waals surface area (Å²) in [6, 6.07) is 0. The molecule has 6 heteroatoms. The fourth-order valence-corrected chi connectivity index (χ4v) is 9.49. The molecule has 83 heavy (non-hydrogen) atoms. The number of rotatable bonds is 62. The molecule has 0 bridgehead atoms. The molecule has 0 aliphatic heterocycles. The fraction of sp³-hybridized carbons (Fsp3) is 0.675. The maximum Gasteiger partial charge on any atom is 0.306 e. The van der Waals surface area contributed by atoms with Gasteiger partial charge in [0.1, 0.15) is 13.2 Å². The lowest BCUT2D eigenvalue weighted by atomic mass is 10.0. The molecule has 0 rings (SSSR count). The molecule has 0 saturated carbocycles. The minimum Gasteiger partial charge on any atom is -0.462 e. The summed E-state index contributed by atoms with van der Waals surface area (Å²) < 4.78 is 17.0. The quantitative estimate of drug-likeness (QED) is 0.0261. The van der Waals surface area contributed by atoms with Gasteiger partial charge in [-0.25, -0.2) is 0 Å². The zero-order chi connectivity index (χ0) is 59.9. The predicted octanol–water partition coefficient (Wildman–Crippen LogP) is 24.1. The summed E-state index contributed by atoms with van der Waals surface area (Å²) in [5, 5.41) is 0. The summed E-state index contributed by atoms with van der Waals surface area (Å²) in [6.45, 7) is 6.39. The van der Waals surface area contributed by atoms with Crippen LogP contribution in [0.15, 0.2) is 134 Å². The minimum absolute atomic E-state index is 0.0907. The maximum atomic E-state index is 13.0. The van der Waals surface area contributed by atoms with Crippen molar-refractivity contribution in [2.45, 2.75) is 322 Å². The Hall–Kier alpha value is -4.45. The number of hydrogen-bond acceptors (Lipinski definition) is 6. The van der Waals surface area contributed by atoms with Crippen molar-refractivity contribution in [3.8, 4) is 0 Å². The molecule has 0 aromatic rings. The second-order valence-corrected chi connectivity index (χ2v) is 22.7. The Labute approximate surface area is 513 Å². The molecule has 0 radical (unpaired) electrons. The van der Waals surface area contributed by atoms with Crippen molar-refractivity contribution in [2.24, 2.45) is 0 Å². The van der Waals surface area contributed by atoms with Crippen LogP contribution in [0.5, 0.6) is 0 Å². The molecule has 0 aromatic carbocycles. The second kappa shape index (κ2) is 70.0. The highest BCUT2D eigenvalue weighted by Gasteiger charge is 2.19. The summed E-state index contributed by atoms with van der Waals surface area (Å²) in [4.78, 5) is 38.5. The molecule has 0 N–H and O–H groups in total. The first-order valence-electron chi connectivity index (χ1n) is 34.7. The second-order valence-electron chi connectivity index (χ2n) is 22.7. The third-order valence-electron chi connectivity index (χ3n) is 14.6. The van der Waals surface area contributed by atoms with Crippen molar-refractivity contribution in [3.05, 3.63) is 134 Å². The topological polar surface area (TPSA) is 78.9 Å². The van der Waals surface area contributed by atoms with Crippen LogP contribution in [-0.4, -0.2) is 37.2 Å². The van der Waals surface area contributed by atoms with Gasteiger partial charge in [0.15, 0.2) is 6.10 Å². The van der Waals surface area contributed by atoms with Gasteiger partial charge in [-0.15, -0.1) is 0 Å². The SMILES string of the molecule is CC/C=C\C/C=C\C/C=C\C/C=C\CCCCCCCCCCCCCCCCC(=O)OCC(COC(=O)CCCCCCCC/C=C\C/C=C\C/C=C\CCCCC)OC(=O)CCCCCCCC/C=C\C/C=C\C/C=C\C/C=C\CC. The molecule has 0 aliphatic carbocycles. The zero-order valence-corrected chi connectivity index (χ0v) is 54.2. The molecule has 0 fully saturated rings. The lowest BCUT2D eigenvalue weighted by molar-refractivity contribution is -0.167. The van der Waals surface area contributed by atoms with E-state index >= 15 is 0 Å². The van der Waals surface area contributed by atoms with Gasteiger partial charge in [0, 0.05) is 19.3 Å². The Balaban J connectivity index is 4.39. The van der Waals surface area contributed by atoms with E-state index in [2.05, 4.69) is 154 Å². The number of hydrogen-bond donors (Lipinski definition) is 0. The van der Waals surface area contributed by atoms with E-state index in [0.717, 1.165) is 141 Å². The van der Waals surface area contributed by atoms with Gasteiger partial charge in [-0.05, 0) is 135 Å². The van der Waals surface area contributed by atoms with Gasteiger partial charge in [-0.3, -0.25) is 14.4 Å². The standard InChI is InChI=1S/C77H128O6/c1-4-7-10-13-16-19-22-25-28-31-34-35-36-37-38-39-40-41-44-46-49-52-55-58-61-64-67-70-76(79)82-73-74(83-77(80)71-68-65-62-59-56-53-50-47-43-33-30-27-24-21-18-15-12-9-6-3)72-81-75(78)69-66-63-60-57-54-51-48-45-42-32-29-26-23-20-17-14-11-8-5-2/h7,9-10,12,16-21,25-30,34-35,42-43,45,47,74H,4-6,8,11,13-15,22-24,31-33,36-41,44,46,48-73H2,1-3H3/b10-7-,12-9-,19-16-,20-17-,21-18-,28-25-,29-26-,30-27-,35-34-,45-42-,47-43-. The Kier molecular flexibility index (Phi) is 66.3. The Bertz CT molecular complexity index is 1750. The largest absolute Gasteiger partial charge is 0.462 e. The van der Waals surface area contributed by atoms with Gasteiger partial charge >= 0.3 is 17.9 Å². The van der Waals surface area contributed by atoms with Crippen LogP contribution >= 0.6 is 0 Å². The number of unbranched alkanes of at least 4 members (excludes halogenated alkanes) is 29. The van der Waals surface area contributed by atoms with E-state index in [4.69, 9.17) is 14.2 Å². The number of esters is 3. The monoisotopic (exact) mass is 1150 g/mol. The highest BCUT2D eigenvalue weighted by Crippen LogP contribution is 2.16. The van der Waals surface area contributed by atoms with Crippen molar-refractivity contribution in [1.82, 2.24) is 0 Å². The summed E-state index contributed by atoms with van der Waals surface area (Å²) >= 11 is 0. The number of carbonyl (C=O) groups is 3. The molecule has 0 aliphatic rings. The van der Waals surface area contributed by atoms with Gasteiger partial charge < -0.3 is 14.2 Å². The Morgan fingerprint density at radius 1 is 0.253 bits per heavy atom. The predicted molar refractivity (Wildman–Crippen MR) is 362 cm³/mol. The molecule has 0 amide bonds. The third-order valence-corrected chi connectivity index (χ3v) is 14.6. The van der Waals surface area contributed by atoms with Gasteiger partial charge in [-0.1, -0.05) is 296 Å². The Morgan fingerprint density at radius 2 is 0.470 bits per heavy atom. The van der Waals surface area contributed by atoms with Crippen LogP contribution in [0.25, 0.3) is 0 Å². The lowest BCUT2D eigenvalue weighted by Crippen LogP contribution is -2.30. The first kappa shape index (κ1) is 78.5. The average molecular weight is 1150 g/mol. The highest BCUT2D eigenvalue weighted by molar-refractivity contribution is 5.71. The molecule has 472 valence electrons. The van der Waals surface area contributed by atoms with E-state index in [9.17, 15) is 14.4 Å². The molecule has 1 atom stereocenters. The van der Waals surface area contributed by atoms with E-state index in [1.807, 2.05) is 0 Å². The van der Waals surface area contributed by atoms with Crippen LogP contribution in [-0.2, 0) is 28.6 Å². The Morgan fingerprint density at radius 3 is 0.735 bits per heavy atom. The summed E-state index contributed by atoms with van der Waals surface area (Å²) in [7, 11) is 0. The molecule has 0 saturated heterocycles. The molecule has 0 spiro atoms. The zero-order valence-electron chi connectivity index (χ0n) is 54.2. The average Bonchev–Trinajstić information content (AvgIpc) is 3.50. The molecule has 6 nitrogen and oxygen atoms in total. The van der Waals surface area contributed by atoms with E-state index in [0.29, 0.717) is 19.3 Å². The third kappa shape index (κ3) is 68.2. The molecular weight excluding hydrogens is 1020 g/mol. The molecule has 0 aromatic heterocycles. The lowest BCUT2D eigenvalue weighted by Gasteiger charge is -2.18. The number of carbonyl (C=O) groups excluding carboxylic acids is 3. The number of ether oxygens (including phenoxy) is 3. The van der Waals surface area contributed by atoms with E-state index in [1.54, 1.807) is 0 Å². The molecule has 1 unspecified atom stereocenters. The smallest absolute Gasteiger partial charge is 0.306 e. The molecule has 0 heterocycles. The van der Waals surface area contributed by atoms with E-state index < -0.39 is 6.10 Å². The van der Waals surface area contributed by atoms with Crippen molar-refractivity contribution in [1.29, 1.82) is 0 Å². The van der Waals surface area contributed by atoms with E-state index in [-0.39, 0.29) is 31.1 Å².